The highest BCUT2D eigenvalue weighted by molar-refractivity contribution is 6.07. The molecule has 0 spiro atoms. The minimum absolute atomic E-state index is 0.0886. The number of esters is 1. The van der Waals surface area contributed by atoms with Crippen molar-refractivity contribution in [2.45, 2.75) is 46.6 Å². The Balaban J connectivity index is 2.25. The number of ether oxygens (including phenoxy) is 2. The van der Waals surface area contributed by atoms with Gasteiger partial charge in [0.05, 0.1) is 18.8 Å². The predicted molar refractivity (Wildman–Crippen MR) is 101 cm³/mol. The van der Waals surface area contributed by atoms with Gasteiger partial charge in [0.2, 0.25) is 0 Å². The van der Waals surface area contributed by atoms with Crippen LogP contribution in [0.3, 0.4) is 0 Å². The molecule has 140 valence electrons. The Labute approximate surface area is 153 Å². The molecule has 1 aromatic heterocycles. The highest BCUT2D eigenvalue weighted by Gasteiger charge is 2.24. The number of anilines is 1. The van der Waals surface area contributed by atoms with E-state index in [4.69, 9.17) is 9.47 Å². The summed E-state index contributed by atoms with van der Waals surface area (Å²) >= 11 is 0. The normalized spacial score (nSPS) is 10.7. The van der Waals surface area contributed by atoms with E-state index in [1.165, 1.54) is 7.11 Å². The van der Waals surface area contributed by atoms with Crippen molar-refractivity contribution in [3.63, 3.8) is 0 Å². The van der Waals surface area contributed by atoms with Gasteiger partial charge in [0.25, 0.3) is 5.91 Å². The third-order valence-corrected chi connectivity index (χ3v) is 3.89. The number of nitrogens with one attached hydrogen (secondary N) is 2. The summed E-state index contributed by atoms with van der Waals surface area (Å²) < 4.78 is 10.5. The maximum atomic E-state index is 12.7. The number of carbonyl (C=O) groups is 2. The molecule has 26 heavy (non-hydrogen) atoms. The molecule has 0 radical (unpaired) electrons. The summed E-state index contributed by atoms with van der Waals surface area (Å²) in [5.74, 6) is 0.0223. The van der Waals surface area contributed by atoms with Crippen LogP contribution in [0.25, 0.3) is 0 Å². The minimum atomic E-state index is -0.434. The zero-order valence-corrected chi connectivity index (χ0v) is 15.9. The number of amides is 1. The molecule has 0 fully saturated rings. The molecular formula is C20H26N2O4. The number of H-pyrrole nitrogens is 1. The first kappa shape index (κ1) is 19.6. The number of carbonyl (C=O) groups excluding carboxylic acids is 2. The van der Waals surface area contributed by atoms with E-state index in [0.717, 1.165) is 12.2 Å². The monoisotopic (exact) mass is 358 g/mol. The summed E-state index contributed by atoms with van der Waals surface area (Å²) in [6.45, 7) is 7.67. The van der Waals surface area contributed by atoms with Gasteiger partial charge in [0, 0.05) is 11.4 Å². The lowest BCUT2D eigenvalue weighted by molar-refractivity contribution is 0.0599. The number of rotatable bonds is 7. The molecule has 2 aromatic rings. The van der Waals surface area contributed by atoms with Crippen LogP contribution < -0.4 is 10.1 Å². The molecule has 0 aliphatic carbocycles. The first-order chi connectivity index (χ1) is 12.4. The fraction of sp³-hybridized carbons (Fsp3) is 0.400. The van der Waals surface area contributed by atoms with Crippen LogP contribution in [-0.2, 0) is 11.2 Å². The zero-order valence-electron chi connectivity index (χ0n) is 15.9. The van der Waals surface area contributed by atoms with Crippen LogP contribution in [0.2, 0.25) is 0 Å². The van der Waals surface area contributed by atoms with Crippen molar-refractivity contribution in [1.29, 1.82) is 0 Å². The van der Waals surface area contributed by atoms with Crippen LogP contribution >= 0.6 is 0 Å². The Morgan fingerprint density at radius 3 is 2.38 bits per heavy atom. The number of aromatic amines is 1. The first-order valence-corrected chi connectivity index (χ1v) is 8.75. The molecule has 2 N–H and O–H groups in total. The summed E-state index contributed by atoms with van der Waals surface area (Å²) in [5, 5.41) is 2.86. The van der Waals surface area contributed by atoms with E-state index in [-0.39, 0.29) is 12.0 Å². The van der Waals surface area contributed by atoms with Crippen molar-refractivity contribution in [3.05, 3.63) is 46.8 Å². The van der Waals surface area contributed by atoms with E-state index in [2.05, 4.69) is 10.3 Å². The molecule has 0 aliphatic rings. The molecule has 6 heteroatoms. The lowest BCUT2D eigenvalue weighted by Crippen LogP contribution is -2.15. The van der Waals surface area contributed by atoms with Crippen molar-refractivity contribution in [3.8, 4) is 5.75 Å². The van der Waals surface area contributed by atoms with E-state index in [1.807, 2.05) is 32.9 Å². The van der Waals surface area contributed by atoms with Crippen molar-refractivity contribution in [1.82, 2.24) is 4.98 Å². The van der Waals surface area contributed by atoms with E-state index in [0.29, 0.717) is 34.6 Å². The SMILES string of the molecule is CCCc1c(C(=O)Nc2ccc(OC(C)C)cc2)[nH]c(C)c1C(=O)OC. The van der Waals surface area contributed by atoms with Gasteiger partial charge in [-0.25, -0.2) is 4.79 Å². The van der Waals surface area contributed by atoms with Gasteiger partial charge in [-0.2, -0.15) is 0 Å². The second-order valence-electron chi connectivity index (χ2n) is 6.37. The molecule has 1 aromatic carbocycles. The number of hydrogen-bond donors (Lipinski definition) is 2. The van der Waals surface area contributed by atoms with Gasteiger partial charge in [-0.05, 0) is 57.0 Å². The van der Waals surface area contributed by atoms with Gasteiger partial charge in [0.1, 0.15) is 11.4 Å². The fourth-order valence-electron chi connectivity index (χ4n) is 2.83. The molecule has 0 saturated carbocycles. The van der Waals surface area contributed by atoms with Crippen molar-refractivity contribution in [2.24, 2.45) is 0 Å². The topological polar surface area (TPSA) is 80.4 Å². The second kappa shape index (κ2) is 8.56. The smallest absolute Gasteiger partial charge is 0.339 e. The summed E-state index contributed by atoms with van der Waals surface area (Å²) in [5.41, 5.74) is 2.81. The molecule has 1 heterocycles. The quantitative estimate of drug-likeness (QED) is 0.730. The Kier molecular flexibility index (Phi) is 6.44. The van der Waals surface area contributed by atoms with Crippen LogP contribution in [0.1, 0.15) is 59.3 Å². The van der Waals surface area contributed by atoms with E-state index >= 15 is 0 Å². The van der Waals surface area contributed by atoms with Crippen molar-refractivity contribution in [2.75, 3.05) is 12.4 Å². The van der Waals surface area contributed by atoms with Crippen LogP contribution in [-0.4, -0.2) is 30.1 Å². The Hall–Kier alpha value is -2.76. The molecule has 6 nitrogen and oxygen atoms in total. The van der Waals surface area contributed by atoms with Crippen LogP contribution in [0.4, 0.5) is 5.69 Å². The third kappa shape index (κ3) is 4.45. The molecule has 0 bridgehead atoms. The third-order valence-electron chi connectivity index (χ3n) is 3.89. The van der Waals surface area contributed by atoms with Crippen LogP contribution in [0.5, 0.6) is 5.75 Å². The van der Waals surface area contributed by atoms with Crippen molar-refractivity contribution >= 4 is 17.6 Å². The molecule has 1 amide bonds. The molecule has 0 unspecified atom stereocenters. The van der Waals surface area contributed by atoms with Crippen LogP contribution in [0.15, 0.2) is 24.3 Å². The molecule has 0 aliphatic heterocycles. The van der Waals surface area contributed by atoms with Gasteiger partial charge < -0.3 is 19.8 Å². The van der Waals surface area contributed by atoms with Gasteiger partial charge >= 0.3 is 5.97 Å². The summed E-state index contributed by atoms with van der Waals surface area (Å²) in [6.07, 6.45) is 1.51. The maximum Gasteiger partial charge on any atom is 0.339 e. The highest BCUT2D eigenvalue weighted by Crippen LogP contribution is 2.23. The van der Waals surface area contributed by atoms with E-state index in [1.54, 1.807) is 19.1 Å². The minimum Gasteiger partial charge on any atom is -0.491 e. The van der Waals surface area contributed by atoms with Crippen molar-refractivity contribution < 1.29 is 19.1 Å². The number of benzene rings is 1. The number of aryl methyl sites for hydroxylation is 1. The van der Waals surface area contributed by atoms with E-state index < -0.39 is 5.97 Å². The predicted octanol–water partition coefficient (Wildman–Crippen LogP) is 4.10. The average molecular weight is 358 g/mol. The largest absolute Gasteiger partial charge is 0.491 e. The van der Waals surface area contributed by atoms with Gasteiger partial charge in [0.15, 0.2) is 0 Å². The van der Waals surface area contributed by atoms with Gasteiger partial charge in [-0.15, -0.1) is 0 Å². The number of hydrogen-bond acceptors (Lipinski definition) is 4. The number of methoxy groups -OCH3 is 1. The van der Waals surface area contributed by atoms with Gasteiger partial charge in [-0.1, -0.05) is 13.3 Å². The Morgan fingerprint density at radius 2 is 1.85 bits per heavy atom. The average Bonchev–Trinajstić information content (AvgIpc) is 2.92. The summed E-state index contributed by atoms with van der Waals surface area (Å²) in [6, 6.07) is 7.18. The summed E-state index contributed by atoms with van der Waals surface area (Å²) in [4.78, 5) is 27.8. The number of aromatic nitrogens is 1. The maximum absolute atomic E-state index is 12.7. The summed E-state index contributed by atoms with van der Waals surface area (Å²) in [7, 11) is 1.34. The molecule has 2 rings (SSSR count). The highest BCUT2D eigenvalue weighted by atomic mass is 16.5. The van der Waals surface area contributed by atoms with Gasteiger partial charge in [-0.3, -0.25) is 4.79 Å². The van der Waals surface area contributed by atoms with E-state index in [9.17, 15) is 9.59 Å². The Morgan fingerprint density at radius 1 is 1.19 bits per heavy atom. The standard InChI is InChI=1S/C20H26N2O4/c1-6-7-16-17(20(24)25-5)13(4)21-18(16)19(23)22-14-8-10-15(11-9-14)26-12(2)3/h8-12,21H,6-7H2,1-5H3,(H,22,23). The zero-order chi connectivity index (χ0) is 19.3. The fourth-order valence-corrected chi connectivity index (χ4v) is 2.83. The second-order valence-corrected chi connectivity index (χ2v) is 6.37. The Bertz CT molecular complexity index is 776. The lowest BCUT2D eigenvalue weighted by Gasteiger charge is -2.11. The molecule has 0 saturated heterocycles. The molecular weight excluding hydrogens is 332 g/mol. The molecule has 0 atom stereocenters. The first-order valence-electron chi connectivity index (χ1n) is 8.75. The lowest BCUT2D eigenvalue weighted by atomic mass is 10.0. The van der Waals surface area contributed by atoms with Crippen LogP contribution in [0, 0.1) is 6.92 Å².